The number of anilines is 1. The predicted octanol–water partition coefficient (Wildman–Crippen LogP) is 3.14. The number of hydrogen-bond donors (Lipinski definition) is 1. The van der Waals surface area contributed by atoms with Crippen LogP contribution in [-0.4, -0.2) is 6.18 Å². The zero-order chi connectivity index (χ0) is 10.1. The number of hydrogen-bond acceptors (Lipinski definition) is 1. The molecule has 1 aromatic rings. The summed E-state index contributed by atoms with van der Waals surface area (Å²) < 4.78 is 36.5. The van der Waals surface area contributed by atoms with Gasteiger partial charge in [-0.2, -0.15) is 13.2 Å². The van der Waals surface area contributed by atoms with Crippen molar-refractivity contribution in [2.75, 3.05) is 5.73 Å². The lowest BCUT2D eigenvalue weighted by Gasteiger charge is -2.08. The molecule has 0 spiro atoms. The van der Waals surface area contributed by atoms with Gasteiger partial charge in [-0.05, 0) is 23.8 Å². The van der Waals surface area contributed by atoms with Crippen LogP contribution in [0, 0.1) is 0 Å². The lowest BCUT2D eigenvalue weighted by molar-refractivity contribution is -0.127. The van der Waals surface area contributed by atoms with E-state index in [-0.39, 0.29) is 11.3 Å². The molecule has 0 radical (unpaired) electrons. The first kappa shape index (κ1) is 10.4. The van der Waals surface area contributed by atoms with E-state index in [0.29, 0.717) is 4.47 Å². The van der Waals surface area contributed by atoms with Gasteiger partial charge in [0.05, 0.1) is 6.42 Å². The molecule has 0 aromatic heterocycles. The van der Waals surface area contributed by atoms with Crippen molar-refractivity contribution in [1.29, 1.82) is 0 Å². The normalized spacial score (nSPS) is 11.7. The Morgan fingerprint density at radius 1 is 1.31 bits per heavy atom. The number of nitrogens with two attached hydrogens (primary N) is 1. The second kappa shape index (κ2) is 3.57. The summed E-state index contributed by atoms with van der Waals surface area (Å²) in [5.41, 5.74) is 5.64. The smallest absolute Gasteiger partial charge is 0.393 e. The minimum atomic E-state index is -4.21. The summed E-state index contributed by atoms with van der Waals surface area (Å²) in [6, 6.07) is 4.43. The number of rotatable bonds is 1. The van der Waals surface area contributed by atoms with Crippen LogP contribution in [-0.2, 0) is 6.42 Å². The molecule has 13 heavy (non-hydrogen) atoms. The average Bonchev–Trinajstić information content (AvgIpc) is 1.94. The molecule has 5 heteroatoms. The van der Waals surface area contributed by atoms with E-state index in [2.05, 4.69) is 15.9 Å². The molecule has 0 bridgehead atoms. The van der Waals surface area contributed by atoms with Crippen LogP contribution < -0.4 is 5.73 Å². The summed E-state index contributed by atoms with van der Waals surface area (Å²) >= 11 is 3.08. The molecule has 0 aliphatic carbocycles. The highest BCUT2D eigenvalue weighted by Crippen LogP contribution is 2.26. The minimum Gasteiger partial charge on any atom is -0.398 e. The first-order valence-electron chi connectivity index (χ1n) is 3.49. The zero-order valence-electron chi connectivity index (χ0n) is 6.53. The van der Waals surface area contributed by atoms with Gasteiger partial charge in [-0.3, -0.25) is 0 Å². The van der Waals surface area contributed by atoms with Crippen molar-refractivity contribution in [3.8, 4) is 0 Å². The first-order valence-corrected chi connectivity index (χ1v) is 4.28. The topological polar surface area (TPSA) is 26.0 Å². The van der Waals surface area contributed by atoms with Crippen LogP contribution in [0.15, 0.2) is 22.7 Å². The maximum Gasteiger partial charge on any atom is 0.393 e. The highest BCUT2D eigenvalue weighted by molar-refractivity contribution is 9.10. The summed E-state index contributed by atoms with van der Waals surface area (Å²) in [7, 11) is 0. The summed E-state index contributed by atoms with van der Waals surface area (Å²) in [4.78, 5) is 0. The van der Waals surface area contributed by atoms with Crippen molar-refractivity contribution in [2.24, 2.45) is 0 Å². The van der Waals surface area contributed by atoms with E-state index in [0.717, 1.165) is 0 Å². The molecule has 0 saturated carbocycles. The van der Waals surface area contributed by atoms with Crippen molar-refractivity contribution >= 4 is 21.6 Å². The standard InChI is InChI=1S/C8H7BrF3N/c9-6-1-2-7(13)5(3-6)4-8(10,11)12/h1-3H,4,13H2. The largest absolute Gasteiger partial charge is 0.398 e. The molecule has 0 heterocycles. The second-order valence-corrected chi connectivity index (χ2v) is 3.55. The van der Waals surface area contributed by atoms with Gasteiger partial charge in [0.15, 0.2) is 0 Å². The lowest BCUT2D eigenvalue weighted by Crippen LogP contribution is -2.12. The van der Waals surface area contributed by atoms with Gasteiger partial charge >= 0.3 is 6.18 Å². The molecule has 1 nitrogen and oxygen atoms in total. The van der Waals surface area contributed by atoms with Crippen molar-refractivity contribution in [2.45, 2.75) is 12.6 Å². The quantitative estimate of drug-likeness (QED) is 0.765. The van der Waals surface area contributed by atoms with Crippen molar-refractivity contribution in [3.05, 3.63) is 28.2 Å². The van der Waals surface area contributed by atoms with Crippen LogP contribution in [0.3, 0.4) is 0 Å². The Morgan fingerprint density at radius 2 is 1.92 bits per heavy atom. The lowest BCUT2D eigenvalue weighted by atomic mass is 10.1. The minimum absolute atomic E-state index is 0.0990. The van der Waals surface area contributed by atoms with E-state index in [1.54, 1.807) is 6.07 Å². The van der Waals surface area contributed by atoms with Gasteiger partial charge in [-0.15, -0.1) is 0 Å². The predicted molar refractivity (Wildman–Crippen MR) is 48.3 cm³/mol. The maximum atomic E-state index is 12.0. The summed E-state index contributed by atoms with van der Waals surface area (Å²) in [5, 5.41) is 0. The van der Waals surface area contributed by atoms with Crippen LogP contribution >= 0.6 is 15.9 Å². The van der Waals surface area contributed by atoms with Crippen LogP contribution in [0.2, 0.25) is 0 Å². The van der Waals surface area contributed by atoms with Gasteiger partial charge in [0, 0.05) is 10.2 Å². The van der Waals surface area contributed by atoms with Crippen LogP contribution in [0.5, 0.6) is 0 Å². The van der Waals surface area contributed by atoms with Gasteiger partial charge in [0.25, 0.3) is 0 Å². The Balaban J connectivity index is 2.94. The van der Waals surface area contributed by atoms with E-state index < -0.39 is 12.6 Å². The van der Waals surface area contributed by atoms with E-state index in [4.69, 9.17) is 5.73 Å². The summed E-state index contributed by atoms with van der Waals surface area (Å²) in [5.74, 6) is 0. The molecule has 1 rings (SSSR count). The van der Waals surface area contributed by atoms with E-state index in [1.165, 1.54) is 12.1 Å². The molecule has 72 valence electrons. The Labute approximate surface area is 81.9 Å². The molecule has 0 unspecified atom stereocenters. The van der Waals surface area contributed by atoms with Gasteiger partial charge < -0.3 is 5.73 Å². The maximum absolute atomic E-state index is 12.0. The Kier molecular flexibility index (Phi) is 2.85. The number of benzene rings is 1. The first-order chi connectivity index (χ1) is 5.88. The molecule has 0 amide bonds. The average molecular weight is 254 g/mol. The molecule has 0 saturated heterocycles. The molecule has 1 aromatic carbocycles. The van der Waals surface area contributed by atoms with Crippen molar-refractivity contribution < 1.29 is 13.2 Å². The van der Waals surface area contributed by atoms with E-state index in [1.807, 2.05) is 0 Å². The van der Waals surface area contributed by atoms with Crippen molar-refractivity contribution in [1.82, 2.24) is 0 Å². The van der Waals surface area contributed by atoms with Gasteiger partial charge in [0.2, 0.25) is 0 Å². The van der Waals surface area contributed by atoms with Gasteiger partial charge in [-0.25, -0.2) is 0 Å². The van der Waals surface area contributed by atoms with Gasteiger partial charge in [0.1, 0.15) is 0 Å². The third kappa shape index (κ3) is 3.26. The SMILES string of the molecule is Nc1ccc(Br)cc1CC(F)(F)F. The molecule has 0 aliphatic rings. The number of nitrogen functional groups attached to an aromatic ring is 1. The summed E-state index contributed by atoms with van der Waals surface area (Å²) in [6.07, 6.45) is -5.20. The molecule has 2 N–H and O–H groups in total. The number of alkyl halides is 3. The number of halogens is 4. The monoisotopic (exact) mass is 253 g/mol. The van der Waals surface area contributed by atoms with E-state index in [9.17, 15) is 13.2 Å². The zero-order valence-corrected chi connectivity index (χ0v) is 8.11. The third-order valence-corrected chi connectivity index (χ3v) is 1.99. The molecule has 0 fully saturated rings. The molecule has 0 aliphatic heterocycles. The van der Waals surface area contributed by atoms with Crippen molar-refractivity contribution in [3.63, 3.8) is 0 Å². The molecular formula is C8H7BrF3N. The highest BCUT2D eigenvalue weighted by Gasteiger charge is 2.28. The second-order valence-electron chi connectivity index (χ2n) is 2.64. The van der Waals surface area contributed by atoms with Crippen LogP contribution in [0.1, 0.15) is 5.56 Å². The Morgan fingerprint density at radius 3 is 2.46 bits per heavy atom. The Bertz CT molecular complexity index is 309. The molecular weight excluding hydrogens is 247 g/mol. The fraction of sp³-hybridized carbons (Fsp3) is 0.250. The van der Waals surface area contributed by atoms with E-state index >= 15 is 0 Å². The van der Waals surface area contributed by atoms with Crippen LogP contribution in [0.4, 0.5) is 18.9 Å². The van der Waals surface area contributed by atoms with Gasteiger partial charge in [-0.1, -0.05) is 15.9 Å². The highest BCUT2D eigenvalue weighted by atomic mass is 79.9. The fourth-order valence-electron chi connectivity index (χ4n) is 0.943. The summed E-state index contributed by atoms with van der Waals surface area (Å²) in [6.45, 7) is 0. The third-order valence-electron chi connectivity index (χ3n) is 1.50. The molecule has 0 atom stereocenters. The van der Waals surface area contributed by atoms with Crippen LogP contribution in [0.25, 0.3) is 0 Å². The fourth-order valence-corrected chi connectivity index (χ4v) is 1.35. The Hall–Kier alpha value is -0.710.